The zero-order chi connectivity index (χ0) is 10.8. The molecule has 0 radical (unpaired) electrons. The first-order valence-corrected chi connectivity index (χ1v) is 4.78. The molecule has 0 aromatic heterocycles. The maximum absolute atomic E-state index is 11.2. The zero-order valence-corrected chi connectivity index (χ0v) is 8.86. The molecule has 0 bridgehead atoms. The maximum Gasteiger partial charge on any atom is 0.409 e. The number of aliphatic hydroxyl groups is 1. The first-order valence-electron chi connectivity index (χ1n) is 4.78. The summed E-state index contributed by atoms with van der Waals surface area (Å²) in [6.07, 6.45) is 0.486. The second-order valence-electron chi connectivity index (χ2n) is 2.87. The van der Waals surface area contributed by atoms with E-state index >= 15 is 0 Å². The van der Waals surface area contributed by atoms with Gasteiger partial charge in [0.25, 0.3) is 0 Å². The average molecular weight is 205 g/mol. The molecule has 0 aromatic rings. The smallest absolute Gasteiger partial charge is 0.409 e. The Morgan fingerprint density at radius 1 is 1.36 bits per heavy atom. The molecule has 0 aliphatic carbocycles. The van der Waals surface area contributed by atoms with Crippen LogP contribution in [0.1, 0.15) is 13.3 Å². The van der Waals surface area contributed by atoms with Crippen molar-refractivity contribution >= 4 is 6.09 Å². The van der Waals surface area contributed by atoms with Crippen molar-refractivity contribution in [2.75, 3.05) is 40.0 Å². The normalized spacial score (nSPS) is 9.93. The average Bonchev–Trinajstić information content (AvgIpc) is 2.20. The fourth-order valence-corrected chi connectivity index (χ4v) is 0.759. The predicted octanol–water partition coefficient (Wildman–Crippen LogP) is 0.474. The number of rotatable bonds is 7. The Hall–Kier alpha value is -0.810. The van der Waals surface area contributed by atoms with E-state index < -0.39 is 0 Å². The van der Waals surface area contributed by atoms with E-state index in [2.05, 4.69) is 0 Å². The van der Waals surface area contributed by atoms with E-state index in [9.17, 15) is 4.79 Å². The van der Waals surface area contributed by atoms with Crippen LogP contribution < -0.4 is 0 Å². The van der Waals surface area contributed by atoms with Crippen molar-refractivity contribution in [2.45, 2.75) is 13.3 Å². The predicted molar refractivity (Wildman–Crippen MR) is 52.2 cm³/mol. The minimum Gasteiger partial charge on any atom is -0.449 e. The summed E-state index contributed by atoms with van der Waals surface area (Å²) in [5, 5.41) is 8.43. The number of amides is 1. The highest BCUT2D eigenvalue weighted by Crippen LogP contribution is 1.91. The topological polar surface area (TPSA) is 59.0 Å². The minimum atomic E-state index is -0.334. The lowest BCUT2D eigenvalue weighted by molar-refractivity contribution is 0.0674. The first-order chi connectivity index (χ1) is 6.72. The Bertz CT molecular complexity index is 152. The van der Waals surface area contributed by atoms with E-state index in [1.54, 1.807) is 7.05 Å². The lowest BCUT2D eigenvalue weighted by Gasteiger charge is -2.16. The fourth-order valence-electron chi connectivity index (χ4n) is 0.759. The number of nitrogens with zero attached hydrogens (tertiary/aromatic N) is 1. The number of carbonyl (C=O) groups excluding carboxylic acids is 1. The molecule has 0 heterocycles. The summed E-state index contributed by atoms with van der Waals surface area (Å²) in [5.74, 6) is 0. The summed E-state index contributed by atoms with van der Waals surface area (Å²) in [4.78, 5) is 12.6. The molecule has 0 aromatic carbocycles. The fraction of sp³-hybridized carbons (Fsp3) is 0.889. The molecule has 84 valence electrons. The van der Waals surface area contributed by atoms with Gasteiger partial charge in [0, 0.05) is 13.6 Å². The van der Waals surface area contributed by atoms with Gasteiger partial charge < -0.3 is 19.5 Å². The molecular formula is C9H19NO4. The third kappa shape index (κ3) is 6.68. The van der Waals surface area contributed by atoms with Gasteiger partial charge in [0.1, 0.15) is 0 Å². The molecule has 0 fully saturated rings. The van der Waals surface area contributed by atoms with Crippen molar-refractivity contribution in [1.29, 1.82) is 0 Å². The number of hydrogen-bond acceptors (Lipinski definition) is 4. The lowest BCUT2D eigenvalue weighted by Crippen LogP contribution is -2.31. The van der Waals surface area contributed by atoms with E-state index in [4.69, 9.17) is 14.6 Å². The van der Waals surface area contributed by atoms with Crippen LogP contribution in [0, 0.1) is 0 Å². The molecular weight excluding hydrogens is 186 g/mol. The van der Waals surface area contributed by atoms with Crippen LogP contribution in [0.25, 0.3) is 0 Å². The van der Waals surface area contributed by atoms with Crippen molar-refractivity contribution in [3.05, 3.63) is 0 Å². The monoisotopic (exact) mass is 205 g/mol. The van der Waals surface area contributed by atoms with Crippen molar-refractivity contribution in [3.63, 3.8) is 0 Å². The number of ether oxygens (including phenoxy) is 2. The molecule has 14 heavy (non-hydrogen) atoms. The van der Waals surface area contributed by atoms with E-state index in [1.807, 2.05) is 6.92 Å². The van der Waals surface area contributed by atoms with Gasteiger partial charge in [-0.3, -0.25) is 0 Å². The highest BCUT2D eigenvalue weighted by molar-refractivity contribution is 5.67. The van der Waals surface area contributed by atoms with Crippen LogP contribution in [-0.2, 0) is 9.47 Å². The summed E-state index contributed by atoms with van der Waals surface area (Å²) < 4.78 is 9.90. The van der Waals surface area contributed by atoms with Crippen LogP contribution in [0.15, 0.2) is 0 Å². The largest absolute Gasteiger partial charge is 0.449 e. The molecule has 0 saturated heterocycles. The third-order valence-electron chi connectivity index (χ3n) is 1.55. The van der Waals surface area contributed by atoms with Gasteiger partial charge in [-0.1, -0.05) is 6.92 Å². The molecule has 0 atom stereocenters. The van der Waals surface area contributed by atoms with Crippen molar-refractivity contribution in [2.24, 2.45) is 0 Å². The summed E-state index contributed by atoms with van der Waals surface area (Å²) in [7, 11) is 1.65. The summed E-state index contributed by atoms with van der Waals surface area (Å²) in [6, 6.07) is 0. The van der Waals surface area contributed by atoms with E-state index in [0.717, 1.165) is 6.42 Å². The van der Waals surface area contributed by atoms with Crippen LogP contribution in [0.2, 0.25) is 0 Å². The molecule has 0 rings (SSSR count). The van der Waals surface area contributed by atoms with Gasteiger partial charge in [-0.25, -0.2) is 4.79 Å². The van der Waals surface area contributed by atoms with Crippen molar-refractivity contribution < 1.29 is 19.4 Å². The van der Waals surface area contributed by atoms with Gasteiger partial charge in [-0.15, -0.1) is 0 Å². The number of aliphatic hydroxyl groups excluding tert-OH is 1. The number of likely N-dealkylation sites (N-methyl/N-ethyl adjacent to an activating group) is 1. The van der Waals surface area contributed by atoms with Gasteiger partial charge >= 0.3 is 6.09 Å². The van der Waals surface area contributed by atoms with E-state index in [1.165, 1.54) is 4.90 Å². The van der Waals surface area contributed by atoms with Crippen molar-refractivity contribution in [1.82, 2.24) is 4.90 Å². The molecule has 0 spiro atoms. The molecule has 0 aliphatic heterocycles. The van der Waals surface area contributed by atoms with Crippen LogP contribution in [0.5, 0.6) is 0 Å². The Morgan fingerprint density at radius 2 is 2.07 bits per heavy atom. The second-order valence-corrected chi connectivity index (χ2v) is 2.87. The molecule has 1 amide bonds. The van der Waals surface area contributed by atoms with Crippen LogP contribution in [-0.4, -0.2) is 56.1 Å². The Kier molecular flexibility index (Phi) is 8.27. The van der Waals surface area contributed by atoms with E-state index in [0.29, 0.717) is 26.4 Å². The van der Waals surface area contributed by atoms with Gasteiger partial charge in [0.05, 0.1) is 26.4 Å². The summed E-state index contributed by atoms with van der Waals surface area (Å²) in [5.41, 5.74) is 0. The second kappa shape index (κ2) is 8.77. The first kappa shape index (κ1) is 13.2. The van der Waals surface area contributed by atoms with Gasteiger partial charge in [-0.05, 0) is 6.42 Å². The molecule has 0 aliphatic rings. The Morgan fingerprint density at radius 3 is 2.64 bits per heavy atom. The number of carbonyl (C=O) groups is 1. The van der Waals surface area contributed by atoms with Gasteiger partial charge in [0.15, 0.2) is 0 Å². The zero-order valence-electron chi connectivity index (χ0n) is 8.86. The highest BCUT2D eigenvalue weighted by Gasteiger charge is 2.08. The minimum absolute atomic E-state index is 0.00396. The van der Waals surface area contributed by atoms with Crippen LogP contribution in [0.4, 0.5) is 4.79 Å². The Labute approximate surface area is 84.6 Å². The van der Waals surface area contributed by atoms with E-state index in [-0.39, 0.29) is 12.7 Å². The van der Waals surface area contributed by atoms with Crippen molar-refractivity contribution in [3.8, 4) is 0 Å². The molecule has 5 heteroatoms. The van der Waals surface area contributed by atoms with Gasteiger partial charge in [-0.2, -0.15) is 0 Å². The summed E-state index contributed by atoms with van der Waals surface area (Å²) >= 11 is 0. The SMILES string of the molecule is CCCOC(=O)N(C)CCOCCO. The molecule has 0 saturated carbocycles. The lowest BCUT2D eigenvalue weighted by atomic mass is 10.5. The molecule has 5 nitrogen and oxygen atoms in total. The molecule has 1 N–H and O–H groups in total. The standard InChI is InChI=1S/C9H19NO4/c1-3-6-14-9(12)10(2)4-7-13-8-5-11/h11H,3-8H2,1-2H3. The third-order valence-corrected chi connectivity index (χ3v) is 1.55. The Balaban J connectivity index is 3.42. The van der Waals surface area contributed by atoms with Crippen LogP contribution in [0.3, 0.4) is 0 Å². The maximum atomic E-state index is 11.2. The quantitative estimate of drug-likeness (QED) is 0.614. The van der Waals surface area contributed by atoms with Crippen LogP contribution >= 0.6 is 0 Å². The molecule has 0 unspecified atom stereocenters. The van der Waals surface area contributed by atoms with Gasteiger partial charge in [0.2, 0.25) is 0 Å². The number of hydrogen-bond donors (Lipinski definition) is 1. The highest BCUT2D eigenvalue weighted by atomic mass is 16.6. The summed E-state index contributed by atoms with van der Waals surface area (Å²) in [6.45, 7) is 3.58.